The molecule has 0 amide bonds. The SMILES string of the molecule is CC(CCCn1ccc2cc(-c3ncc(C(O)C(F)(F)F)cn3)c(F)cc2c1=O)Nc1cn[nH]c(=O)c1C(F)(F)F. The fourth-order valence-electron chi connectivity index (χ4n) is 4.16. The minimum atomic E-state index is -4.93. The summed E-state index contributed by atoms with van der Waals surface area (Å²) in [7, 11) is 0. The molecule has 3 heterocycles. The monoisotopic (exact) mass is 586 g/mol. The van der Waals surface area contributed by atoms with Gasteiger partial charge >= 0.3 is 12.4 Å². The van der Waals surface area contributed by atoms with Crippen LogP contribution in [0.5, 0.6) is 0 Å². The van der Waals surface area contributed by atoms with E-state index in [2.05, 4.69) is 20.4 Å². The summed E-state index contributed by atoms with van der Waals surface area (Å²) in [6.07, 6.45) is -8.21. The topological polar surface area (TPSA) is 126 Å². The van der Waals surface area contributed by atoms with Crippen LogP contribution in [0.15, 0.2) is 52.6 Å². The predicted molar refractivity (Wildman–Crippen MR) is 132 cm³/mol. The van der Waals surface area contributed by atoms with Gasteiger partial charge in [-0.15, -0.1) is 0 Å². The number of anilines is 1. The molecular formula is C25H21F7N6O3. The molecule has 218 valence electrons. The zero-order valence-electron chi connectivity index (χ0n) is 21.0. The molecule has 9 nitrogen and oxygen atoms in total. The molecule has 0 spiro atoms. The molecule has 3 aromatic heterocycles. The number of benzene rings is 1. The number of aromatic nitrogens is 5. The Labute approximate surface area is 225 Å². The molecule has 2 unspecified atom stereocenters. The van der Waals surface area contributed by atoms with Crippen molar-refractivity contribution in [3.05, 3.63) is 80.6 Å². The second-order valence-corrected chi connectivity index (χ2v) is 9.19. The number of H-pyrrole nitrogens is 1. The Hall–Kier alpha value is -4.34. The number of nitrogens with zero attached hydrogens (tertiary/aromatic N) is 4. The van der Waals surface area contributed by atoms with Gasteiger partial charge < -0.3 is 15.0 Å². The normalized spacial score (nSPS) is 13.8. The number of alkyl halides is 6. The molecule has 0 radical (unpaired) electrons. The van der Waals surface area contributed by atoms with Crippen molar-refractivity contribution in [1.29, 1.82) is 0 Å². The van der Waals surface area contributed by atoms with Gasteiger partial charge in [-0.05, 0) is 43.4 Å². The molecule has 16 heteroatoms. The first-order valence-corrected chi connectivity index (χ1v) is 12.0. The van der Waals surface area contributed by atoms with Crippen molar-refractivity contribution < 1.29 is 35.8 Å². The van der Waals surface area contributed by atoms with Gasteiger partial charge in [0.2, 0.25) is 0 Å². The number of aryl methyl sites for hydroxylation is 1. The minimum absolute atomic E-state index is 0.00782. The van der Waals surface area contributed by atoms with Gasteiger partial charge in [-0.3, -0.25) is 9.59 Å². The first-order valence-electron chi connectivity index (χ1n) is 12.0. The van der Waals surface area contributed by atoms with Crippen LogP contribution in [-0.4, -0.2) is 42.1 Å². The van der Waals surface area contributed by atoms with Crippen molar-refractivity contribution in [1.82, 2.24) is 24.7 Å². The molecular weight excluding hydrogens is 565 g/mol. The maximum Gasteiger partial charge on any atom is 0.423 e. The molecule has 0 aliphatic carbocycles. The number of rotatable bonds is 8. The number of aromatic amines is 1. The first kappa shape index (κ1) is 29.6. The molecule has 0 aliphatic heterocycles. The third-order valence-corrected chi connectivity index (χ3v) is 6.18. The van der Waals surface area contributed by atoms with Gasteiger partial charge in [0.1, 0.15) is 11.4 Å². The lowest BCUT2D eigenvalue weighted by molar-refractivity contribution is -0.206. The second-order valence-electron chi connectivity index (χ2n) is 9.19. The van der Waals surface area contributed by atoms with Crippen molar-refractivity contribution in [2.75, 3.05) is 5.32 Å². The minimum Gasteiger partial charge on any atom is -0.381 e. The maximum absolute atomic E-state index is 14.9. The highest BCUT2D eigenvalue weighted by Gasteiger charge is 2.40. The van der Waals surface area contributed by atoms with E-state index in [9.17, 15) is 45.4 Å². The van der Waals surface area contributed by atoms with Gasteiger partial charge in [0.15, 0.2) is 11.9 Å². The fraction of sp³-hybridized carbons (Fsp3) is 0.320. The van der Waals surface area contributed by atoms with Crippen LogP contribution < -0.4 is 16.4 Å². The lowest BCUT2D eigenvalue weighted by Crippen LogP contribution is -2.27. The summed E-state index contributed by atoms with van der Waals surface area (Å²) < 4.78 is 94.0. The number of halogens is 7. The number of hydrogen-bond acceptors (Lipinski definition) is 7. The average Bonchev–Trinajstić information content (AvgIpc) is 2.88. The first-order chi connectivity index (χ1) is 19.2. The highest BCUT2D eigenvalue weighted by molar-refractivity contribution is 5.86. The number of pyridine rings is 1. The van der Waals surface area contributed by atoms with Gasteiger partial charge in [0.25, 0.3) is 11.1 Å². The van der Waals surface area contributed by atoms with E-state index < -0.39 is 58.2 Å². The zero-order chi connectivity index (χ0) is 30.1. The molecule has 0 fully saturated rings. The van der Waals surface area contributed by atoms with Crippen molar-refractivity contribution in [3.63, 3.8) is 0 Å². The Bertz CT molecular complexity index is 1670. The van der Waals surface area contributed by atoms with E-state index in [0.717, 1.165) is 24.7 Å². The zero-order valence-corrected chi connectivity index (χ0v) is 21.0. The van der Waals surface area contributed by atoms with E-state index in [1.807, 2.05) is 0 Å². The van der Waals surface area contributed by atoms with Crippen LogP contribution in [0.1, 0.15) is 37.0 Å². The maximum atomic E-state index is 14.9. The summed E-state index contributed by atoms with van der Waals surface area (Å²) in [6.45, 7) is 1.75. The van der Waals surface area contributed by atoms with Crippen LogP contribution in [0, 0.1) is 5.82 Å². The number of hydrogen-bond donors (Lipinski definition) is 3. The molecule has 0 bridgehead atoms. The number of nitrogens with one attached hydrogen (secondary N) is 2. The van der Waals surface area contributed by atoms with E-state index in [0.29, 0.717) is 18.2 Å². The molecule has 2 atom stereocenters. The summed E-state index contributed by atoms with van der Waals surface area (Å²) in [5.41, 5.74) is -4.59. The van der Waals surface area contributed by atoms with Crippen LogP contribution in [-0.2, 0) is 12.7 Å². The van der Waals surface area contributed by atoms with Crippen molar-refractivity contribution in [2.45, 2.75) is 50.8 Å². The van der Waals surface area contributed by atoms with E-state index >= 15 is 0 Å². The van der Waals surface area contributed by atoms with Crippen molar-refractivity contribution in [3.8, 4) is 11.4 Å². The summed E-state index contributed by atoms with van der Waals surface area (Å²) in [5.74, 6) is -1.15. The third-order valence-electron chi connectivity index (χ3n) is 6.18. The summed E-state index contributed by atoms with van der Waals surface area (Å²) in [4.78, 5) is 32.0. The Balaban J connectivity index is 1.47. The van der Waals surface area contributed by atoms with Gasteiger partial charge in [0.05, 0.1) is 22.8 Å². The molecule has 4 aromatic rings. The molecule has 4 rings (SSSR count). The van der Waals surface area contributed by atoms with Gasteiger partial charge in [-0.25, -0.2) is 19.5 Å². The quantitative estimate of drug-likeness (QED) is 0.258. The van der Waals surface area contributed by atoms with E-state index in [-0.39, 0.29) is 23.3 Å². The number of aliphatic hydroxyl groups is 1. The van der Waals surface area contributed by atoms with E-state index in [4.69, 9.17) is 0 Å². The summed E-state index contributed by atoms with van der Waals surface area (Å²) >= 11 is 0. The Morgan fingerprint density at radius 1 is 1.07 bits per heavy atom. The van der Waals surface area contributed by atoms with Crippen LogP contribution in [0.25, 0.3) is 22.2 Å². The van der Waals surface area contributed by atoms with Gasteiger partial charge in [0, 0.05) is 36.7 Å². The average molecular weight is 586 g/mol. The molecule has 3 N–H and O–H groups in total. The van der Waals surface area contributed by atoms with Crippen LogP contribution in [0.3, 0.4) is 0 Å². The molecule has 41 heavy (non-hydrogen) atoms. The lowest BCUT2D eigenvalue weighted by atomic mass is 10.1. The molecule has 0 saturated heterocycles. The van der Waals surface area contributed by atoms with E-state index in [1.54, 1.807) is 12.0 Å². The third kappa shape index (κ3) is 6.53. The predicted octanol–water partition coefficient (Wildman–Crippen LogP) is 4.58. The smallest absolute Gasteiger partial charge is 0.381 e. The lowest BCUT2D eigenvalue weighted by Gasteiger charge is -2.18. The number of aliphatic hydroxyl groups excluding tert-OH is 1. The fourth-order valence-corrected chi connectivity index (χ4v) is 4.16. The van der Waals surface area contributed by atoms with Crippen LogP contribution >= 0.6 is 0 Å². The number of fused-ring (bicyclic) bond motifs is 1. The Kier molecular flexibility index (Phi) is 8.15. The van der Waals surface area contributed by atoms with E-state index in [1.165, 1.54) is 22.9 Å². The van der Waals surface area contributed by atoms with Crippen molar-refractivity contribution >= 4 is 16.5 Å². The second kappa shape index (κ2) is 11.3. The Morgan fingerprint density at radius 3 is 2.39 bits per heavy atom. The molecule has 0 aliphatic rings. The molecule has 0 saturated carbocycles. The molecule has 1 aromatic carbocycles. The van der Waals surface area contributed by atoms with Gasteiger partial charge in [-0.1, -0.05) is 0 Å². The van der Waals surface area contributed by atoms with Gasteiger partial charge in [-0.2, -0.15) is 31.4 Å². The highest BCUT2D eigenvalue weighted by atomic mass is 19.4. The van der Waals surface area contributed by atoms with Crippen molar-refractivity contribution in [2.24, 2.45) is 0 Å². The van der Waals surface area contributed by atoms with Crippen LogP contribution in [0.4, 0.5) is 36.4 Å². The largest absolute Gasteiger partial charge is 0.423 e. The standard InChI is InChI=1S/C25H21F7N6O3/c1-12(36-18-11-35-37-22(40)19(18)24(27,28)29)3-2-5-38-6-4-13-7-16(17(26)8-15(13)23(38)41)21-33-9-14(10-34-21)20(39)25(30,31)32/h4,6-12,20,39H,2-3,5H2,1H3,(H2,36,37,40). The summed E-state index contributed by atoms with van der Waals surface area (Å²) in [5, 5.41) is 17.4. The summed E-state index contributed by atoms with van der Waals surface area (Å²) in [6, 6.07) is 3.21. The highest BCUT2D eigenvalue weighted by Crippen LogP contribution is 2.33. The van der Waals surface area contributed by atoms with Crippen LogP contribution in [0.2, 0.25) is 0 Å². The Morgan fingerprint density at radius 2 is 1.76 bits per heavy atom.